The number of amides is 1. The Morgan fingerprint density at radius 2 is 1.86 bits per heavy atom. The summed E-state index contributed by atoms with van der Waals surface area (Å²) in [4.78, 5) is 22.0. The van der Waals surface area contributed by atoms with Crippen LogP contribution < -0.4 is 14.8 Å². The first-order valence-electron chi connectivity index (χ1n) is 14.2. The zero-order chi connectivity index (χ0) is 29.9. The number of carbonyl (C=O) groups excluding carboxylic acids is 1. The number of halogens is 5. The number of alkyl halides is 3. The number of pyridine rings is 2. The highest BCUT2D eigenvalue weighted by molar-refractivity contribution is 6.31. The van der Waals surface area contributed by atoms with Crippen LogP contribution >= 0.6 is 11.6 Å². The van der Waals surface area contributed by atoms with Crippen LogP contribution in [-0.4, -0.2) is 41.3 Å². The van der Waals surface area contributed by atoms with Crippen LogP contribution in [0.4, 0.5) is 17.6 Å². The van der Waals surface area contributed by atoms with E-state index in [-0.39, 0.29) is 29.0 Å². The smallest absolute Gasteiger partial charge is 0.398 e. The Bertz CT molecular complexity index is 1720. The minimum absolute atomic E-state index is 0.0123. The maximum absolute atomic E-state index is 14.6. The SMILES string of the molecule is O=C(NCC(c1cc2c(c(-c3ccc(F)cc3)n1)OCC2C1CC1)C(F)(F)F)c1cc(OC2CC2)c2ncc(Cl)cc2c1. The summed E-state index contributed by atoms with van der Waals surface area (Å²) in [7, 11) is 0. The molecule has 1 aliphatic heterocycles. The highest BCUT2D eigenvalue weighted by Crippen LogP contribution is 2.52. The van der Waals surface area contributed by atoms with Gasteiger partial charge in [-0.25, -0.2) is 9.37 Å². The van der Waals surface area contributed by atoms with Crippen LogP contribution in [0, 0.1) is 11.7 Å². The van der Waals surface area contributed by atoms with E-state index in [1.165, 1.54) is 48.7 Å². The van der Waals surface area contributed by atoms with Gasteiger partial charge in [0.2, 0.25) is 0 Å². The molecule has 0 saturated heterocycles. The molecule has 0 radical (unpaired) electrons. The number of aromatic nitrogens is 2. The van der Waals surface area contributed by atoms with Gasteiger partial charge in [0, 0.05) is 40.7 Å². The third-order valence-corrected chi connectivity index (χ3v) is 8.36. The lowest BCUT2D eigenvalue weighted by atomic mass is 9.92. The van der Waals surface area contributed by atoms with Crippen molar-refractivity contribution in [2.45, 2.75) is 49.8 Å². The van der Waals surface area contributed by atoms with Gasteiger partial charge < -0.3 is 14.8 Å². The highest BCUT2D eigenvalue weighted by atomic mass is 35.5. The molecule has 222 valence electrons. The fourth-order valence-electron chi connectivity index (χ4n) is 5.60. The van der Waals surface area contributed by atoms with E-state index in [1.807, 2.05) is 0 Å². The van der Waals surface area contributed by atoms with Crippen molar-refractivity contribution in [1.29, 1.82) is 0 Å². The van der Waals surface area contributed by atoms with Crippen LogP contribution in [0.5, 0.6) is 11.5 Å². The Labute approximate surface area is 249 Å². The van der Waals surface area contributed by atoms with Gasteiger partial charge in [-0.3, -0.25) is 9.78 Å². The zero-order valence-electron chi connectivity index (χ0n) is 22.8. The first-order chi connectivity index (χ1) is 20.6. The number of fused-ring (bicyclic) bond motifs is 2. The number of nitrogens with zero attached hydrogens (tertiary/aromatic N) is 2. The van der Waals surface area contributed by atoms with Crippen LogP contribution in [0.25, 0.3) is 22.2 Å². The second-order valence-electron chi connectivity index (χ2n) is 11.4. The molecule has 43 heavy (non-hydrogen) atoms. The van der Waals surface area contributed by atoms with Gasteiger partial charge in [0.05, 0.1) is 23.4 Å². The lowest BCUT2D eigenvalue weighted by molar-refractivity contribution is -0.149. The van der Waals surface area contributed by atoms with E-state index in [2.05, 4.69) is 15.3 Å². The number of hydrogen-bond donors (Lipinski definition) is 1. The molecule has 1 amide bonds. The fourth-order valence-corrected chi connectivity index (χ4v) is 5.76. The first kappa shape index (κ1) is 27.9. The van der Waals surface area contributed by atoms with Gasteiger partial charge >= 0.3 is 6.18 Å². The van der Waals surface area contributed by atoms with E-state index in [1.54, 1.807) is 6.07 Å². The van der Waals surface area contributed by atoms with Gasteiger partial charge in [0.15, 0.2) is 0 Å². The Hall–Kier alpha value is -3.92. The lowest BCUT2D eigenvalue weighted by Crippen LogP contribution is -2.35. The standard InChI is InChI=1S/C32H26ClF4N3O3/c33-20-10-18-9-19(11-27(28(18)38-13-20)43-22-7-8-22)31(41)39-14-25(32(35,36)37)26-12-23-24(16-1-2-16)15-42-30(23)29(40-26)17-3-5-21(34)6-4-17/h3-6,9-13,16,22,24-25H,1-2,7-8,14-15H2,(H,39,41). The third-order valence-electron chi connectivity index (χ3n) is 8.15. The molecule has 2 aromatic carbocycles. The first-order valence-corrected chi connectivity index (χ1v) is 14.6. The molecule has 2 unspecified atom stereocenters. The maximum atomic E-state index is 14.6. The quantitative estimate of drug-likeness (QED) is 0.208. The Balaban J connectivity index is 1.22. The van der Waals surface area contributed by atoms with Crippen LogP contribution in [-0.2, 0) is 0 Å². The van der Waals surface area contributed by atoms with Crippen LogP contribution in [0.2, 0.25) is 5.02 Å². The summed E-state index contributed by atoms with van der Waals surface area (Å²) in [6, 6.07) is 11.5. The van der Waals surface area contributed by atoms with Crippen molar-refractivity contribution in [3.8, 4) is 22.8 Å². The number of carbonyl (C=O) groups is 1. The van der Waals surface area contributed by atoms with Crippen LogP contribution in [0.15, 0.2) is 54.7 Å². The van der Waals surface area contributed by atoms with Crippen LogP contribution in [0.1, 0.15) is 59.1 Å². The van der Waals surface area contributed by atoms with E-state index < -0.39 is 30.4 Å². The maximum Gasteiger partial charge on any atom is 0.398 e. The average Bonchev–Trinajstić information content (AvgIpc) is 3.91. The van der Waals surface area contributed by atoms with E-state index >= 15 is 0 Å². The van der Waals surface area contributed by atoms with Gasteiger partial charge in [-0.1, -0.05) is 11.6 Å². The highest BCUT2D eigenvalue weighted by Gasteiger charge is 2.45. The van der Waals surface area contributed by atoms with Crippen LogP contribution in [0.3, 0.4) is 0 Å². The van der Waals surface area contributed by atoms with Crippen molar-refractivity contribution >= 4 is 28.4 Å². The van der Waals surface area contributed by atoms with E-state index in [0.29, 0.717) is 51.1 Å². The van der Waals surface area contributed by atoms with E-state index in [9.17, 15) is 22.4 Å². The lowest BCUT2D eigenvalue weighted by Gasteiger charge is -2.22. The second kappa shape index (κ2) is 10.7. The van der Waals surface area contributed by atoms with Crippen molar-refractivity contribution in [2.75, 3.05) is 13.2 Å². The number of benzene rings is 2. The molecule has 0 bridgehead atoms. The van der Waals surface area contributed by atoms with Crippen molar-refractivity contribution in [2.24, 2.45) is 5.92 Å². The Kier molecular flexibility index (Phi) is 6.91. The molecular weight excluding hydrogens is 586 g/mol. The number of nitrogens with one attached hydrogen (secondary N) is 1. The van der Waals surface area contributed by atoms with Gasteiger partial charge in [-0.05, 0) is 80.1 Å². The van der Waals surface area contributed by atoms with E-state index in [0.717, 1.165) is 25.7 Å². The number of ether oxygens (including phenoxy) is 2. The molecule has 2 atom stereocenters. The predicted octanol–water partition coefficient (Wildman–Crippen LogP) is 7.59. The molecule has 2 aromatic heterocycles. The molecule has 2 fully saturated rings. The molecule has 1 N–H and O–H groups in total. The van der Waals surface area contributed by atoms with Crippen molar-refractivity contribution in [3.05, 3.63) is 82.4 Å². The molecule has 3 aliphatic rings. The molecule has 6 nitrogen and oxygen atoms in total. The summed E-state index contributed by atoms with van der Waals surface area (Å²) in [5, 5.41) is 3.37. The Morgan fingerprint density at radius 3 is 2.56 bits per heavy atom. The van der Waals surface area contributed by atoms with Gasteiger partial charge in [-0.2, -0.15) is 13.2 Å². The molecular formula is C32H26ClF4N3O3. The van der Waals surface area contributed by atoms with Crippen molar-refractivity contribution in [3.63, 3.8) is 0 Å². The molecule has 7 rings (SSSR count). The van der Waals surface area contributed by atoms with E-state index in [4.69, 9.17) is 21.1 Å². The molecule has 3 heterocycles. The zero-order valence-corrected chi connectivity index (χ0v) is 23.5. The molecule has 11 heteroatoms. The topological polar surface area (TPSA) is 73.3 Å². The second-order valence-corrected chi connectivity index (χ2v) is 11.8. The normalized spacial score (nSPS) is 18.7. The predicted molar refractivity (Wildman–Crippen MR) is 152 cm³/mol. The molecule has 2 saturated carbocycles. The summed E-state index contributed by atoms with van der Waals surface area (Å²) in [6.07, 6.45) is 0.476. The van der Waals surface area contributed by atoms with Gasteiger partial charge in [0.1, 0.15) is 34.4 Å². The summed E-state index contributed by atoms with van der Waals surface area (Å²) in [5.41, 5.74) is 1.78. The summed E-state index contributed by atoms with van der Waals surface area (Å²) >= 11 is 6.12. The molecule has 0 spiro atoms. The van der Waals surface area contributed by atoms with Gasteiger partial charge in [-0.15, -0.1) is 0 Å². The molecule has 2 aliphatic carbocycles. The number of hydrogen-bond acceptors (Lipinski definition) is 5. The van der Waals surface area contributed by atoms with Crippen molar-refractivity contribution < 1.29 is 31.8 Å². The summed E-state index contributed by atoms with van der Waals surface area (Å²) in [5.74, 6) is -2.15. The Morgan fingerprint density at radius 1 is 1.09 bits per heavy atom. The average molecular weight is 612 g/mol. The third kappa shape index (κ3) is 5.72. The fraction of sp³-hybridized carbons (Fsp3) is 0.344. The molecule has 4 aromatic rings. The monoisotopic (exact) mass is 611 g/mol. The largest absolute Gasteiger partial charge is 0.490 e. The minimum atomic E-state index is -4.72. The van der Waals surface area contributed by atoms with Crippen molar-refractivity contribution in [1.82, 2.24) is 15.3 Å². The minimum Gasteiger partial charge on any atom is -0.490 e. The number of rotatable bonds is 8. The summed E-state index contributed by atoms with van der Waals surface area (Å²) in [6.45, 7) is -0.380. The summed E-state index contributed by atoms with van der Waals surface area (Å²) < 4.78 is 69.4. The van der Waals surface area contributed by atoms with Gasteiger partial charge in [0.25, 0.3) is 5.91 Å².